The van der Waals surface area contributed by atoms with Gasteiger partial charge in [-0.2, -0.15) is 0 Å². The van der Waals surface area contributed by atoms with Gasteiger partial charge >= 0.3 is 0 Å². The van der Waals surface area contributed by atoms with Crippen LogP contribution in [-0.4, -0.2) is 25.6 Å². The van der Waals surface area contributed by atoms with Crippen molar-refractivity contribution in [1.29, 1.82) is 0 Å². The van der Waals surface area contributed by atoms with Crippen LogP contribution < -0.4 is 5.32 Å². The summed E-state index contributed by atoms with van der Waals surface area (Å²) in [4.78, 5) is 16.7. The van der Waals surface area contributed by atoms with E-state index in [9.17, 15) is 13.2 Å². The summed E-state index contributed by atoms with van der Waals surface area (Å²) in [5.74, 6) is -0.469. The smallest absolute Gasteiger partial charge is 0.257 e. The number of nitrogens with zero attached hydrogens (tertiary/aromatic N) is 1. The van der Waals surface area contributed by atoms with Gasteiger partial charge in [-0.3, -0.25) is 10.1 Å². The predicted molar refractivity (Wildman–Crippen MR) is 105 cm³/mol. The number of amides is 1. The number of hydrogen-bond donors (Lipinski definition) is 1. The molecule has 134 valence electrons. The van der Waals surface area contributed by atoms with Crippen LogP contribution in [0.3, 0.4) is 0 Å². The number of halogens is 2. The fourth-order valence-electron chi connectivity index (χ4n) is 2.18. The monoisotopic (exact) mass is 426 g/mol. The molecule has 2 aromatic carbocycles. The van der Waals surface area contributed by atoms with Gasteiger partial charge in [0, 0.05) is 27.8 Å². The number of sulfone groups is 1. The topological polar surface area (TPSA) is 76.1 Å². The highest BCUT2D eigenvalue weighted by atomic mass is 35.5. The van der Waals surface area contributed by atoms with Gasteiger partial charge in [0.15, 0.2) is 15.0 Å². The lowest BCUT2D eigenvalue weighted by Crippen LogP contribution is -2.12. The molecule has 0 saturated heterocycles. The Labute approximate surface area is 164 Å². The van der Waals surface area contributed by atoms with E-state index in [1.54, 1.807) is 12.1 Å². The molecule has 1 heterocycles. The van der Waals surface area contributed by atoms with Crippen LogP contribution in [0.5, 0.6) is 0 Å². The molecule has 9 heteroatoms. The van der Waals surface area contributed by atoms with Crippen LogP contribution in [0.15, 0.2) is 52.7 Å². The maximum absolute atomic E-state index is 12.4. The number of carbonyl (C=O) groups excluding carboxylic acids is 1. The zero-order chi connectivity index (χ0) is 18.9. The molecule has 0 bridgehead atoms. The van der Waals surface area contributed by atoms with Crippen molar-refractivity contribution in [3.63, 3.8) is 0 Å². The molecular weight excluding hydrogens is 415 g/mol. The number of rotatable bonds is 4. The van der Waals surface area contributed by atoms with Gasteiger partial charge in [-0.1, -0.05) is 35.3 Å². The summed E-state index contributed by atoms with van der Waals surface area (Å²) in [5, 5.41) is 5.57. The predicted octanol–water partition coefficient (Wildman–Crippen LogP) is 4.77. The lowest BCUT2D eigenvalue weighted by Gasteiger charge is -2.06. The highest BCUT2D eigenvalue weighted by Gasteiger charge is 2.17. The highest BCUT2D eigenvalue weighted by molar-refractivity contribution is 7.90. The molecule has 0 unspecified atom stereocenters. The lowest BCUT2D eigenvalue weighted by molar-refractivity contribution is 0.102. The molecule has 0 saturated carbocycles. The van der Waals surface area contributed by atoms with E-state index in [4.69, 9.17) is 23.2 Å². The first-order valence-corrected chi connectivity index (χ1v) is 10.8. The summed E-state index contributed by atoms with van der Waals surface area (Å²) in [7, 11) is -3.53. The van der Waals surface area contributed by atoms with Gasteiger partial charge in [0.25, 0.3) is 5.91 Å². The summed E-state index contributed by atoms with van der Waals surface area (Å²) in [5.41, 5.74) is 1.75. The molecule has 0 atom stereocenters. The van der Waals surface area contributed by atoms with Crippen LogP contribution in [0, 0.1) is 0 Å². The average molecular weight is 427 g/mol. The average Bonchev–Trinajstić information content (AvgIpc) is 3.03. The Bertz CT molecular complexity index is 1080. The van der Waals surface area contributed by atoms with Crippen molar-refractivity contribution >= 4 is 55.4 Å². The maximum atomic E-state index is 12.4. The van der Waals surface area contributed by atoms with Gasteiger partial charge < -0.3 is 0 Å². The van der Waals surface area contributed by atoms with Crippen LogP contribution >= 0.6 is 34.5 Å². The minimum atomic E-state index is -3.53. The molecule has 5 nitrogen and oxygen atoms in total. The Morgan fingerprint density at radius 1 is 1.12 bits per heavy atom. The molecule has 0 aliphatic heterocycles. The van der Waals surface area contributed by atoms with Gasteiger partial charge in [-0.25, -0.2) is 13.4 Å². The fourth-order valence-corrected chi connectivity index (χ4v) is 4.32. The van der Waals surface area contributed by atoms with E-state index in [-0.39, 0.29) is 15.5 Å². The minimum absolute atomic E-state index is 0.0725. The molecule has 1 N–H and O–H groups in total. The van der Waals surface area contributed by atoms with E-state index < -0.39 is 15.7 Å². The van der Waals surface area contributed by atoms with E-state index in [2.05, 4.69) is 10.3 Å². The zero-order valence-corrected chi connectivity index (χ0v) is 16.5. The van der Waals surface area contributed by atoms with Crippen LogP contribution in [-0.2, 0) is 9.84 Å². The van der Waals surface area contributed by atoms with Crippen molar-refractivity contribution in [3.05, 3.63) is 63.5 Å². The molecule has 26 heavy (non-hydrogen) atoms. The molecule has 0 radical (unpaired) electrons. The molecule has 3 aromatic rings. The molecule has 0 spiro atoms. The molecule has 0 aliphatic rings. The van der Waals surface area contributed by atoms with Crippen molar-refractivity contribution in [3.8, 4) is 11.3 Å². The second kappa shape index (κ2) is 7.36. The molecule has 0 aliphatic carbocycles. The summed E-state index contributed by atoms with van der Waals surface area (Å²) in [6, 6.07) is 11.3. The Hall–Kier alpha value is -1.93. The second-order valence-corrected chi connectivity index (χ2v) is 9.10. The summed E-state index contributed by atoms with van der Waals surface area (Å²) < 4.78 is 23.5. The van der Waals surface area contributed by atoms with E-state index >= 15 is 0 Å². The fraction of sp³-hybridized carbons (Fsp3) is 0.0588. The standard InChI is InChI=1S/C17H12Cl2N2O3S2/c1-26(23,24)15-8-11(4-7-13(15)19)16(22)21-17-20-14(9-25-17)10-2-5-12(18)6-3-10/h2-9H,1H3,(H,20,21,22). The van der Waals surface area contributed by atoms with E-state index in [0.717, 1.165) is 11.8 Å². The van der Waals surface area contributed by atoms with Crippen LogP contribution in [0.25, 0.3) is 11.3 Å². The van der Waals surface area contributed by atoms with Crippen molar-refractivity contribution in [2.75, 3.05) is 11.6 Å². The molecular formula is C17H12Cl2N2O3S2. The Morgan fingerprint density at radius 2 is 1.81 bits per heavy atom. The zero-order valence-electron chi connectivity index (χ0n) is 13.4. The highest BCUT2D eigenvalue weighted by Crippen LogP contribution is 2.27. The van der Waals surface area contributed by atoms with Crippen molar-refractivity contribution in [1.82, 2.24) is 4.98 Å². The normalized spacial score (nSPS) is 11.3. The number of hydrogen-bond acceptors (Lipinski definition) is 5. The molecule has 1 aromatic heterocycles. The van der Waals surface area contributed by atoms with Gasteiger partial charge in [0.2, 0.25) is 0 Å². The minimum Gasteiger partial charge on any atom is -0.298 e. The van der Waals surface area contributed by atoms with E-state index in [0.29, 0.717) is 15.8 Å². The van der Waals surface area contributed by atoms with Crippen molar-refractivity contribution in [2.45, 2.75) is 4.90 Å². The van der Waals surface area contributed by atoms with Gasteiger partial charge in [-0.05, 0) is 30.3 Å². The van der Waals surface area contributed by atoms with Crippen LogP contribution in [0.1, 0.15) is 10.4 Å². The first kappa shape index (κ1) is 18.8. The number of carbonyl (C=O) groups is 1. The van der Waals surface area contributed by atoms with Crippen LogP contribution in [0.2, 0.25) is 10.0 Å². The lowest BCUT2D eigenvalue weighted by atomic mass is 10.2. The SMILES string of the molecule is CS(=O)(=O)c1cc(C(=O)Nc2nc(-c3ccc(Cl)cc3)cs2)ccc1Cl. The van der Waals surface area contributed by atoms with Gasteiger partial charge in [0.05, 0.1) is 15.6 Å². The second-order valence-electron chi connectivity index (χ2n) is 5.42. The number of nitrogens with one attached hydrogen (secondary N) is 1. The largest absolute Gasteiger partial charge is 0.298 e. The van der Waals surface area contributed by atoms with Crippen molar-refractivity contribution in [2.24, 2.45) is 0 Å². The molecule has 0 fully saturated rings. The summed E-state index contributed by atoms with van der Waals surface area (Å²) >= 11 is 13.0. The Kier molecular flexibility index (Phi) is 5.34. The quantitative estimate of drug-likeness (QED) is 0.651. The Morgan fingerprint density at radius 3 is 2.46 bits per heavy atom. The number of benzene rings is 2. The third kappa shape index (κ3) is 4.24. The van der Waals surface area contributed by atoms with Crippen molar-refractivity contribution < 1.29 is 13.2 Å². The molecule has 3 rings (SSSR count). The third-order valence-electron chi connectivity index (χ3n) is 3.46. The molecule has 1 amide bonds. The number of aromatic nitrogens is 1. The van der Waals surface area contributed by atoms with Gasteiger partial charge in [-0.15, -0.1) is 11.3 Å². The number of thiazole rings is 1. The van der Waals surface area contributed by atoms with Gasteiger partial charge in [0.1, 0.15) is 0 Å². The first-order valence-electron chi connectivity index (χ1n) is 7.26. The first-order chi connectivity index (χ1) is 12.2. The van der Waals surface area contributed by atoms with E-state index in [1.165, 1.54) is 29.5 Å². The Balaban J connectivity index is 1.82. The van der Waals surface area contributed by atoms with Crippen LogP contribution in [0.4, 0.5) is 5.13 Å². The number of anilines is 1. The summed E-state index contributed by atoms with van der Waals surface area (Å²) in [6.07, 6.45) is 1.04. The van der Waals surface area contributed by atoms with E-state index in [1.807, 2.05) is 17.5 Å². The maximum Gasteiger partial charge on any atom is 0.257 e. The third-order valence-corrected chi connectivity index (χ3v) is 6.05. The summed E-state index contributed by atoms with van der Waals surface area (Å²) in [6.45, 7) is 0.